The van der Waals surface area contributed by atoms with Gasteiger partial charge in [-0.2, -0.15) is 0 Å². The molecule has 5 heteroatoms. The summed E-state index contributed by atoms with van der Waals surface area (Å²) in [4.78, 5) is 12.5. The van der Waals surface area contributed by atoms with E-state index in [1.54, 1.807) is 12.1 Å². The van der Waals surface area contributed by atoms with Crippen LogP contribution in [0.2, 0.25) is 5.02 Å². The van der Waals surface area contributed by atoms with Crippen molar-refractivity contribution in [2.24, 2.45) is 5.73 Å². The zero-order valence-corrected chi connectivity index (χ0v) is 14.8. The van der Waals surface area contributed by atoms with Crippen molar-refractivity contribution >= 4 is 29.9 Å². The van der Waals surface area contributed by atoms with Crippen molar-refractivity contribution < 1.29 is 4.79 Å². The van der Waals surface area contributed by atoms with Crippen molar-refractivity contribution in [3.63, 3.8) is 0 Å². The summed E-state index contributed by atoms with van der Waals surface area (Å²) >= 11 is 5.89. The zero-order valence-electron chi connectivity index (χ0n) is 13.3. The number of halogens is 2. The van der Waals surface area contributed by atoms with E-state index >= 15 is 0 Å². The maximum atomic E-state index is 12.5. The summed E-state index contributed by atoms with van der Waals surface area (Å²) in [6.45, 7) is 4.18. The van der Waals surface area contributed by atoms with Crippen molar-refractivity contribution in [3.05, 3.63) is 70.7 Å². The fraction of sp³-hybridized carbons (Fsp3) is 0.278. The van der Waals surface area contributed by atoms with Crippen LogP contribution in [-0.2, 0) is 10.2 Å². The minimum atomic E-state index is -0.638. The van der Waals surface area contributed by atoms with Crippen molar-refractivity contribution in [1.82, 2.24) is 5.32 Å². The molecule has 2 aromatic carbocycles. The lowest BCUT2D eigenvalue weighted by molar-refractivity contribution is -0.125. The van der Waals surface area contributed by atoms with Crippen LogP contribution in [-0.4, -0.2) is 12.5 Å². The SMILES string of the molecule is CC(C)(C(=O)NCC(N)c1ccccc1)c1ccc(Cl)cc1.Cl. The summed E-state index contributed by atoms with van der Waals surface area (Å²) in [7, 11) is 0. The summed E-state index contributed by atoms with van der Waals surface area (Å²) in [5, 5.41) is 3.60. The molecule has 3 nitrogen and oxygen atoms in total. The minimum absolute atomic E-state index is 0. The molecule has 1 amide bonds. The Balaban J connectivity index is 0.00000264. The number of nitrogens with one attached hydrogen (secondary N) is 1. The van der Waals surface area contributed by atoms with Gasteiger partial charge in [-0.1, -0.05) is 54.1 Å². The van der Waals surface area contributed by atoms with Gasteiger partial charge in [-0.05, 0) is 37.1 Å². The molecular formula is C18H22Cl2N2O. The van der Waals surface area contributed by atoms with E-state index in [2.05, 4.69) is 5.32 Å². The van der Waals surface area contributed by atoms with Crippen LogP contribution in [0.3, 0.4) is 0 Å². The number of amides is 1. The van der Waals surface area contributed by atoms with Crippen LogP contribution < -0.4 is 11.1 Å². The van der Waals surface area contributed by atoms with Crippen LogP contribution in [0.15, 0.2) is 54.6 Å². The lowest BCUT2D eigenvalue weighted by Gasteiger charge is -2.25. The monoisotopic (exact) mass is 352 g/mol. The van der Waals surface area contributed by atoms with Gasteiger partial charge in [0.25, 0.3) is 0 Å². The minimum Gasteiger partial charge on any atom is -0.353 e. The third-order valence-electron chi connectivity index (χ3n) is 3.84. The fourth-order valence-corrected chi connectivity index (χ4v) is 2.37. The molecule has 23 heavy (non-hydrogen) atoms. The summed E-state index contributed by atoms with van der Waals surface area (Å²) in [5.74, 6) is -0.0544. The summed E-state index contributed by atoms with van der Waals surface area (Å²) in [6, 6.07) is 16.9. The first-order valence-electron chi connectivity index (χ1n) is 7.26. The second-order valence-electron chi connectivity index (χ2n) is 5.86. The molecule has 0 aliphatic heterocycles. The van der Waals surface area contributed by atoms with Gasteiger partial charge in [0, 0.05) is 17.6 Å². The Labute approximate surface area is 148 Å². The Morgan fingerprint density at radius 3 is 2.26 bits per heavy atom. The lowest BCUT2D eigenvalue weighted by Crippen LogP contribution is -2.42. The van der Waals surface area contributed by atoms with Crippen LogP contribution in [0.1, 0.15) is 31.0 Å². The van der Waals surface area contributed by atoms with E-state index in [9.17, 15) is 4.79 Å². The topological polar surface area (TPSA) is 55.1 Å². The smallest absolute Gasteiger partial charge is 0.230 e. The average molecular weight is 353 g/mol. The van der Waals surface area contributed by atoms with Crippen LogP contribution >= 0.6 is 24.0 Å². The Morgan fingerprint density at radius 1 is 1.13 bits per heavy atom. The molecule has 0 aliphatic carbocycles. The molecule has 3 N–H and O–H groups in total. The molecule has 0 heterocycles. The molecular weight excluding hydrogens is 331 g/mol. The molecule has 2 aromatic rings. The fourth-order valence-electron chi connectivity index (χ4n) is 2.24. The molecule has 124 valence electrons. The van der Waals surface area contributed by atoms with E-state index in [1.807, 2.05) is 56.3 Å². The highest BCUT2D eigenvalue weighted by molar-refractivity contribution is 6.30. The predicted molar refractivity (Wildman–Crippen MR) is 98.1 cm³/mol. The van der Waals surface area contributed by atoms with E-state index in [4.69, 9.17) is 17.3 Å². The highest BCUT2D eigenvalue weighted by atomic mass is 35.5. The molecule has 0 saturated carbocycles. The number of hydrogen-bond acceptors (Lipinski definition) is 2. The summed E-state index contributed by atoms with van der Waals surface area (Å²) in [6.07, 6.45) is 0. The zero-order chi connectivity index (χ0) is 16.2. The van der Waals surface area contributed by atoms with Gasteiger partial charge < -0.3 is 11.1 Å². The second-order valence-corrected chi connectivity index (χ2v) is 6.30. The molecule has 0 radical (unpaired) electrons. The van der Waals surface area contributed by atoms with Crippen LogP contribution in [0.4, 0.5) is 0 Å². The normalized spacial score (nSPS) is 12.2. The number of benzene rings is 2. The van der Waals surface area contributed by atoms with E-state index < -0.39 is 5.41 Å². The predicted octanol–water partition coefficient (Wildman–Crippen LogP) is 3.86. The number of hydrogen-bond donors (Lipinski definition) is 2. The van der Waals surface area contributed by atoms with Crippen molar-refractivity contribution in [3.8, 4) is 0 Å². The van der Waals surface area contributed by atoms with Gasteiger partial charge in [0.15, 0.2) is 0 Å². The van der Waals surface area contributed by atoms with Crippen molar-refractivity contribution in [2.75, 3.05) is 6.54 Å². The van der Waals surface area contributed by atoms with Gasteiger partial charge >= 0.3 is 0 Å². The number of nitrogens with two attached hydrogens (primary N) is 1. The van der Waals surface area contributed by atoms with E-state index in [1.165, 1.54) is 0 Å². The van der Waals surface area contributed by atoms with E-state index in [0.717, 1.165) is 11.1 Å². The van der Waals surface area contributed by atoms with Gasteiger partial charge in [-0.15, -0.1) is 12.4 Å². The molecule has 0 aromatic heterocycles. The largest absolute Gasteiger partial charge is 0.353 e. The Bertz CT molecular complexity index is 627. The van der Waals surface area contributed by atoms with Crippen LogP contribution in [0, 0.1) is 0 Å². The van der Waals surface area contributed by atoms with Crippen LogP contribution in [0.5, 0.6) is 0 Å². The van der Waals surface area contributed by atoms with Crippen molar-refractivity contribution in [1.29, 1.82) is 0 Å². The quantitative estimate of drug-likeness (QED) is 0.858. The van der Waals surface area contributed by atoms with Gasteiger partial charge in [0.05, 0.1) is 5.41 Å². The number of rotatable bonds is 5. The maximum Gasteiger partial charge on any atom is 0.230 e. The molecule has 0 fully saturated rings. The molecule has 1 unspecified atom stereocenters. The molecule has 2 rings (SSSR count). The molecule has 0 spiro atoms. The molecule has 0 bridgehead atoms. The van der Waals surface area contributed by atoms with E-state index in [0.29, 0.717) is 11.6 Å². The first-order valence-corrected chi connectivity index (χ1v) is 7.64. The summed E-state index contributed by atoms with van der Waals surface area (Å²) < 4.78 is 0. The third-order valence-corrected chi connectivity index (χ3v) is 4.10. The Kier molecular flexibility index (Phi) is 7.07. The first kappa shape index (κ1) is 19.5. The first-order chi connectivity index (χ1) is 10.4. The maximum absolute atomic E-state index is 12.5. The van der Waals surface area contributed by atoms with Gasteiger partial charge in [0.2, 0.25) is 5.91 Å². The number of carbonyl (C=O) groups excluding carboxylic acids is 1. The van der Waals surface area contributed by atoms with Gasteiger partial charge in [-0.3, -0.25) is 4.79 Å². The second kappa shape index (κ2) is 8.34. The van der Waals surface area contributed by atoms with Crippen molar-refractivity contribution in [2.45, 2.75) is 25.3 Å². The summed E-state index contributed by atoms with van der Waals surface area (Å²) in [5.41, 5.74) is 7.40. The average Bonchev–Trinajstić information content (AvgIpc) is 2.53. The molecule has 0 saturated heterocycles. The lowest BCUT2D eigenvalue weighted by atomic mass is 9.83. The van der Waals surface area contributed by atoms with Gasteiger partial charge in [-0.25, -0.2) is 0 Å². The van der Waals surface area contributed by atoms with Crippen LogP contribution in [0.25, 0.3) is 0 Å². The standard InChI is InChI=1S/C18H21ClN2O.ClH/c1-18(2,14-8-10-15(19)11-9-14)17(22)21-12-16(20)13-6-4-3-5-7-13;/h3-11,16H,12,20H2,1-2H3,(H,21,22);1H. The van der Waals surface area contributed by atoms with E-state index in [-0.39, 0.29) is 24.4 Å². The highest BCUT2D eigenvalue weighted by Crippen LogP contribution is 2.25. The molecule has 1 atom stereocenters. The molecule has 0 aliphatic rings. The van der Waals surface area contributed by atoms with Gasteiger partial charge in [0.1, 0.15) is 0 Å². The Hall–Kier alpha value is -1.55. The third kappa shape index (κ3) is 4.96. The Morgan fingerprint density at radius 2 is 1.70 bits per heavy atom. The number of carbonyl (C=O) groups is 1. The highest BCUT2D eigenvalue weighted by Gasteiger charge is 2.29.